The van der Waals surface area contributed by atoms with Crippen LogP contribution in [0.1, 0.15) is 23.3 Å². The van der Waals surface area contributed by atoms with E-state index < -0.39 is 5.92 Å². The number of thiophene rings is 1. The molecule has 0 spiro atoms. The highest BCUT2D eigenvalue weighted by atomic mass is 35.5. The Bertz CT molecular complexity index is 1150. The fourth-order valence-electron chi connectivity index (χ4n) is 3.12. The van der Waals surface area contributed by atoms with E-state index in [0.29, 0.717) is 33.0 Å². The lowest BCUT2D eigenvalue weighted by molar-refractivity contribution is 0.336. The Morgan fingerprint density at radius 3 is 2.82 bits per heavy atom. The van der Waals surface area contributed by atoms with E-state index in [0.717, 1.165) is 10.4 Å². The van der Waals surface area contributed by atoms with Gasteiger partial charge in [0, 0.05) is 10.4 Å². The van der Waals surface area contributed by atoms with Gasteiger partial charge in [-0.3, -0.25) is 0 Å². The third-order valence-electron chi connectivity index (χ3n) is 4.36. The quantitative estimate of drug-likeness (QED) is 0.389. The normalized spacial score (nSPS) is 16.1. The summed E-state index contributed by atoms with van der Waals surface area (Å²) >= 11 is 7.31. The van der Waals surface area contributed by atoms with E-state index >= 15 is 0 Å². The van der Waals surface area contributed by atoms with Crippen molar-refractivity contribution in [3.8, 4) is 11.8 Å². The van der Waals surface area contributed by atoms with Crippen LogP contribution in [0.25, 0.3) is 10.1 Å². The molecule has 1 aliphatic heterocycles. The highest BCUT2D eigenvalue weighted by Crippen LogP contribution is 2.51. The van der Waals surface area contributed by atoms with Gasteiger partial charge in [0.15, 0.2) is 12.2 Å². The lowest BCUT2D eigenvalue weighted by Crippen LogP contribution is -2.14. The number of rotatable bonds is 4. The third kappa shape index (κ3) is 3.13. The van der Waals surface area contributed by atoms with Gasteiger partial charge in [-0.2, -0.15) is 10.3 Å². The Hall–Kier alpha value is -2.88. The molecule has 0 saturated heterocycles. The molecule has 2 aromatic carbocycles. The van der Waals surface area contributed by atoms with Gasteiger partial charge in [-0.15, -0.1) is 11.3 Å². The predicted molar refractivity (Wildman–Crippen MR) is 108 cm³/mol. The molecule has 1 aliphatic rings. The third-order valence-corrected chi connectivity index (χ3v) is 5.87. The Labute approximate surface area is 170 Å². The van der Waals surface area contributed by atoms with Gasteiger partial charge in [-0.05, 0) is 36.8 Å². The minimum Gasteiger partial charge on any atom is -0.483 e. The maximum absolute atomic E-state index is 14.4. The maximum atomic E-state index is 14.4. The van der Waals surface area contributed by atoms with Crippen LogP contribution < -0.4 is 4.74 Å². The van der Waals surface area contributed by atoms with E-state index in [2.05, 4.69) is 11.1 Å². The molecule has 4 rings (SSSR count). The summed E-state index contributed by atoms with van der Waals surface area (Å²) in [6.45, 7) is 2.27. The fourth-order valence-corrected chi connectivity index (χ4v) is 4.52. The van der Waals surface area contributed by atoms with E-state index in [-0.39, 0.29) is 11.7 Å². The minimum absolute atomic E-state index is 0.146. The summed E-state index contributed by atoms with van der Waals surface area (Å²) < 4.78 is 26.0. The Kier molecular flexibility index (Phi) is 5.03. The monoisotopic (exact) mass is 412 g/mol. The molecule has 1 aromatic heterocycles. The second kappa shape index (κ2) is 7.63. The first-order valence-electron chi connectivity index (χ1n) is 8.56. The van der Waals surface area contributed by atoms with Gasteiger partial charge in [-0.1, -0.05) is 29.8 Å². The number of halogens is 2. The van der Waals surface area contributed by atoms with Gasteiger partial charge in [0.1, 0.15) is 17.5 Å². The van der Waals surface area contributed by atoms with Gasteiger partial charge in [0.2, 0.25) is 5.88 Å². The second-order valence-electron chi connectivity index (χ2n) is 6.02. The Morgan fingerprint density at radius 1 is 1.32 bits per heavy atom. The molecule has 0 saturated carbocycles. The number of benzene rings is 2. The molecule has 3 aromatic rings. The van der Waals surface area contributed by atoms with Crippen molar-refractivity contribution in [2.75, 3.05) is 6.61 Å². The van der Waals surface area contributed by atoms with Crippen LogP contribution in [0.15, 0.2) is 58.9 Å². The lowest BCUT2D eigenvalue weighted by Gasteiger charge is -2.23. The molecule has 0 bridgehead atoms. The highest BCUT2D eigenvalue weighted by molar-refractivity contribution is 7.19. The van der Waals surface area contributed by atoms with Gasteiger partial charge >= 0.3 is 0 Å². The Morgan fingerprint density at radius 2 is 2.11 bits per heavy atom. The predicted octanol–water partition coefficient (Wildman–Crippen LogP) is 6.02. The van der Waals surface area contributed by atoms with Crippen molar-refractivity contribution in [3.63, 3.8) is 0 Å². The lowest BCUT2D eigenvalue weighted by atomic mass is 9.88. The summed E-state index contributed by atoms with van der Waals surface area (Å²) in [6.07, 6.45) is 1.26. The van der Waals surface area contributed by atoms with E-state index in [9.17, 15) is 9.65 Å². The zero-order chi connectivity index (χ0) is 19.7. The fraction of sp³-hybridized carbons (Fsp3) is 0.143. The average Bonchev–Trinajstić information content (AvgIpc) is 3.07. The topological polar surface area (TPSA) is 54.6 Å². The SMILES string of the molecule is CCO/C=N/C1=C(C#N)C(c2ccc(Cl)cc2)c2sc3c(F)cccc3c2O1. The molecule has 1 unspecified atom stereocenters. The van der Waals surface area contributed by atoms with Crippen LogP contribution in [0.2, 0.25) is 5.02 Å². The number of hydrogen-bond donors (Lipinski definition) is 0. The molecule has 140 valence electrons. The van der Waals surface area contributed by atoms with Crippen LogP contribution in [0.3, 0.4) is 0 Å². The van der Waals surface area contributed by atoms with Crippen molar-refractivity contribution in [1.82, 2.24) is 0 Å². The summed E-state index contributed by atoms with van der Waals surface area (Å²) in [7, 11) is 0. The number of hydrogen-bond acceptors (Lipinski definition) is 5. The number of nitrogens with zero attached hydrogens (tertiary/aromatic N) is 2. The van der Waals surface area contributed by atoms with Gasteiger partial charge in [-0.25, -0.2) is 4.39 Å². The van der Waals surface area contributed by atoms with Crippen LogP contribution in [0.4, 0.5) is 4.39 Å². The number of nitriles is 1. The molecule has 0 fully saturated rings. The first kappa shape index (κ1) is 18.5. The average molecular weight is 413 g/mol. The summed E-state index contributed by atoms with van der Waals surface area (Å²) in [5.41, 5.74) is 1.18. The molecular formula is C21H14ClFN2O2S. The van der Waals surface area contributed by atoms with Gasteiger partial charge in [0.25, 0.3) is 0 Å². The van der Waals surface area contributed by atoms with Crippen molar-refractivity contribution < 1.29 is 13.9 Å². The molecule has 7 heteroatoms. The number of ether oxygens (including phenoxy) is 2. The molecule has 0 radical (unpaired) electrons. The second-order valence-corrected chi connectivity index (χ2v) is 7.51. The molecule has 0 aliphatic carbocycles. The highest BCUT2D eigenvalue weighted by Gasteiger charge is 2.35. The van der Waals surface area contributed by atoms with Crippen molar-refractivity contribution in [1.29, 1.82) is 5.26 Å². The molecular weight excluding hydrogens is 399 g/mol. The van der Waals surface area contributed by atoms with Crippen molar-refractivity contribution in [2.45, 2.75) is 12.8 Å². The zero-order valence-electron chi connectivity index (χ0n) is 14.8. The van der Waals surface area contributed by atoms with E-state index in [1.165, 1.54) is 23.8 Å². The maximum Gasteiger partial charge on any atom is 0.236 e. The first-order chi connectivity index (χ1) is 13.6. The first-order valence-corrected chi connectivity index (χ1v) is 9.76. The summed E-state index contributed by atoms with van der Waals surface area (Å²) in [4.78, 5) is 4.96. The standard InChI is InChI=1S/C21H14ClFN2O2S/c1-2-26-11-25-21-15(10-24)17(12-6-8-13(22)9-7-12)20-18(27-21)14-4-3-5-16(23)19(14)28-20/h3-9,11,17H,2H2,1H3/b25-11+. The van der Waals surface area contributed by atoms with Crippen molar-refractivity contribution >= 4 is 39.4 Å². The molecule has 4 nitrogen and oxygen atoms in total. The van der Waals surface area contributed by atoms with Crippen LogP contribution in [-0.2, 0) is 4.74 Å². The van der Waals surface area contributed by atoms with Crippen LogP contribution in [0.5, 0.6) is 5.75 Å². The number of aliphatic imine (C=N–C) groups is 1. The van der Waals surface area contributed by atoms with Gasteiger partial charge < -0.3 is 9.47 Å². The molecule has 0 N–H and O–H groups in total. The zero-order valence-corrected chi connectivity index (χ0v) is 16.4. The number of fused-ring (bicyclic) bond motifs is 3. The van der Waals surface area contributed by atoms with Crippen molar-refractivity contribution in [2.24, 2.45) is 4.99 Å². The molecule has 1 atom stereocenters. The minimum atomic E-state index is -0.434. The van der Waals surface area contributed by atoms with E-state index in [1.54, 1.807) is 24.3 Å². The van der Waals surface area contributed by atoms with Crippen LogP contribution in [0, 0.1) is 17.1 Å². The molecule has 28 heavy (non-hydrogen) atoms. The van der Waals surface area contributed by atoms with Crippen molar-refractivity contribution in [3.05, 3.63) is 75.2 Å². The summed E-state index contributed by atoms with van der Waals surface area (Å²) in [5.74, 6) is -0.0979. The number of allylic oxidation sites excluding steroid dienone is 1. The van der Waals surface area contributed by atoms with Crippen LogP contribution >= 0.6 is 22.9 Å². The largest absolute Gasteiger partial charge is 0.483 e. The van der Waals surface area contributed by atoms with E-state index in [4.69, 9.17) is 21.1 Å². The van der Waals surface area contributed by atoms with E-state index in [1.807, 2.05) is 19.1 Å². The summed E-state index contributed by atoms with van der Waals surface area (Å²) in [5, 5.41) is 11.1. The smallest absolute Gasteiger partial charge is 0.236 e. The Balaban J connectivity index is 1.96. The van der Waals surface area contributed by atoms with Crippen LogP contribution in [-0.4, -0.2) is 13.0 Å². The molecule has 0 amide bonds. The van der Waals surface area contributed by atoms with Gasteiger partial charge in [0.05, 0.1) is 22.1 Å². The molecule has 2 heterocycles. The summed E-state index contributed by atoms with van der Waals surface area (Å²) in [6, 6.07) is 14.3.